The molecule has 0 amide bonds. The molecule has 10 aromatic rings. The number of nitrogens with one attached hydrogen (secondary N) is 1. The van der Waals surface area contributed by atoms with Crippen LogP contribution in [0.25, 0.3) is 38.8 Å². The van der Waals surface area contributed by atoms with Gasteiger partial charge in [0.25, 0.3) is 0 Å². The summed E-state index contributed by atoms with van der Waals surface area (Å²) in [5.41, 5.74) is 14.9. The van der Waals surface area contributed by atoms with E-state index in [4.69, 9.17) is 9.72 Å². The molecule has 1 aliphatic rings. The van der Waals surface area contributed by atoms with Gasteiger partial charge >= 0.3 is 0 Å². The Morgan fingerprint density at radius 2 is 1.10 bits per heavy atom. The van der Waals surface area contributed by atoms with Gasteiger partial charge in [-0.05, 0) is 111 Å². The van der Waals surface area contributed by atoms with Crippen LogP contribution < -0.4 is 15.0 Å². The lowest BCUT2D eigenvalue weighted by atomic mass is 9.73. The zero-order valence-electron chi connectivity index (χ0n) is 41.2. The van der Waals surface area contributed by atoms with Gasteiger partial charge in [-0.25, -0.2) is 4.98 Å². The van der Waals surface area contributed by atoms with Gasteiger partial charge < -0.3 is 15.0 Å². The minimum absolute atomic E-state index is 0.0125. The van der Waals surface area contributed by atoms with E-state index in [1.807, 2.05) is 6.20 Å². The quantitative estimate of drug-likeness (QED) is 0.140. The number of nitrogens with zero attached hydrogens (tertiary/aromatic N) is 3. The summed E-state index contributed by atoms with van der Waals surface area (Å²) < 4.78 is 9.29. The summed E-state index contributed by atoms with van der Waals surface area (Å²) in [7, 11) is 0. The Kier molecular flexibility index (Phi) is 11.2. The highest BCUT2D eigenvalue weighted by Crippen LogP contribution is 2.46. The standard InChI is InChI=1S/C65H60N4O/c1-63(2,3)48-33-34-66-62(40-48)69-60-30-20-17-27-55(60)56-32-31-53(42-61(56)69)70-54-36-45(44-21-11-8-12-22-44)35-52(41-54)68-43-58(57-28-18-19-29-59(57)68)67-51-38-49(64(4,5)46-23-13-9-14-24-46)37-50(39-51)65(6,7)47-25-15-10-16-26-47/h8-42,58,67H,43H2,1-7H3. The minimum atomic E-state index is -0.232. The van der Waals surface area contributed by atoms with Gasteiger partial charge in [0, 0.05) is 63.5 Å². The Labute approximate surface area is 413 Å². The number of aromatic nitrogens is 2. The third-order valence-electron chi connectivity index (χ3n) is 14.7. The molecule has 5 nitrogen and oxygen atoms in total. The van der Waals surface area contributed by atoms with E-state index in [0.717, 1.165) is 62.8 Å². The third kappa shape index (κ3) is 8.30. The topological polar surface area (TPSA) is 42.3 Å². The molecule has 1 atom stereocenters. The predicted molar refractivity (Wildman–Crippen MR) is 293 cm³/mol. The van der Waals surface area contributed by atoms with E-state index in [2.05, 4.69) is 270 Å². The lowest BCUT2D eigenvalue weighted by Crippen LogP contribution is -2.24. The molecule has 0 aliphatic carbocycles. The highest BCUT2D eigenvalue weighted by atomic mass is 16.5. The van der Waals surface area contributed by atoms with Crippen molar-refractivity contribution in [2.24, 2.45) is 0 Å². The fraction of sp³-hybridized carbons (Fsp3) is 0.185. The van der Waals surface area contributed by atoms with E-state index in [1.54, 1.807) is 0 Å². The summed E-state index contributed by atoms with van der Waals surface area (Å²) in [6, 6.07) is 74.5. The van der Waals surface area contributed by atoms with Crippen molar-refractivity contribution < 1.29 is 4.74 Å². The van der Waals surface area contributed by atoms with Crippen LogP contribution >= 0.6 is 0 Å². The predicted octanol–water partition coefficient (Wildman–Crippen LogP) is 16.9. The third-order valence-corrected chi connectivity index (χ3v) is 14.7. The van der Waals surface area contributed by atoms with Gasteiger partial charge in [-0.15, -0.1) is 0 Å². The largest absolute Gasteiger partial charge is 0.457 e. The maximum absolute atomic E-state index is 7.01. The molecular weight excluding hydrogens is 853 g/mol. The van der Waals surface area contributed by atoms with Crippen LogP contribution in [0.4, 0.5) is 17.1 Å². The number of hydrogen-bond donors (Lipinski definition) is 1. The van der Waals surface area contributed by atoms with Crippen LogP contribution in [0.1, 0.15) is 87.9 Å². The van der Waals surface area contributed by atoms with Crippen LogP contribution in [-0.2, 0) is 16.2 Å². The van der Waals surface area contributed by atoms with E-state index < -0.39 is 0 Å². The lowest BCUT2D eigenvalue weighted by Gasteiger charge is -2.32. The van der Waals surface area contributed by atoms with E-state index >= 15 is 0 Å². The van der Waals surface area contributed by atoms with Crippen LogP contribution in [0.15, 0.2) is 212 Å². The van der Waals surface area contributed by atoms with Gasteiger partial charge in [0.2, 0.25) is 0 Å². The molecule has 0 radical (unpaired) electrons. The van der Waals surface area contributed by atoms with Gasteiger partial charge in [0.15, 0.2) is 0 Å². The second kappa shape index (κ2) is 17.6. The number of rotatable bonds is 11. The van der Waals surface area contributed by atoms with E-state index in [1.165, 1.54) is 44.5 Å². The van der Waals surface area contributed by atoms with Crippen LogP contribution in [0.2, 0.25) is 0 Å². The Bertz CT molecular complexity index is 3440. The number of para-hydroxylation sites is 2. The summed E-state index contributed by atoms with van der Waals surface area (Å²) >= 11 is 0. The van der Waals surface area contributed by atoms with Gasteiger partial charge in [-0.2, -0.15) is 0 Å². The first-order chi connectivity index (χ1) is 33.8. The SMILES string of the molecule is CC(C)(C)c1ccnc(-n2c3ccccc3c3ccc(Oc4cc(-c5ccccc5)cc(N5CC(Nc6cc(C(C)(C)c7ccccc7)cc(C(C)(C)c7ccccc7)c6)c6ccccc65)c4)cc32)c1. The highest BCUT2D eigenvalue weighted by molar-refractivity contribution is 6.09. The molecule has 1 unspecified atom stereocenters. The molecule has 70 heavy (non-hydrogen) atoms. The Hall–Kier alpha value is -7.89. The smallest absolute Gasteiger partial charge is 0.137 e. The normalized spacial score (nSPS) is 14.0. The molecular formula is C65H60N4O. The van der Waals surface area contributed by atoms with Gasteiger partial charge in [0.1, 0.15) is 17.3 Å². The van der Waals surface area contributed by atoms with Crippen molar-refractivity contribution in [1.82, 2.24) is 9.55 Å². The van der Waals surface area contributed by atoms with Gasteiger partial charge in [-0.1, -0.05) is 182 Å². The second-order valence-electron chi connectivity index (χ2n) is 21.0. The van der Waals surface area contributed by atoms with E-state index in [9.17, 15) is 0 Å². The summed E-state index contributed by atoms with van der Waals surface area (Å²) in [6.07, 6.45) is 1.93. The summed E-state index contributed by atoms with van der Waals surface area (Å²) in [5.74, 6) is 2.42. The molecule has 0 fully saturated rings. The first kappa shape index (κ1) is 44.6. The van der Waals surface area contributed by atoms with Crippen LogP contribution in [0.5, 0.6) is 11.5 Å². The fourth-order valence-corrected chi connectivity index (χ4v) is 10.5. The van der Waals surface area contributed by atoms with Crippen molar-refractivity contribution in [3.8, 4) is 28.4 Å². The number of ether oxygens (including phenoxy) is 1. The minimum Gasteiger partial charge on any atom is -0.457 e. The molecule has 1 aliphatic heterocycles. The molecule has 0 bridgehead atoms. The van der Waals surface area contributed by atoms with Crippen molar-refractivity contribution in [2.45, 2.75) is 70.8 Å². The zero-order chi connectivity index (χ0) is 48.2. The zero-order valence-corrected chi connectivity index (χ0v) is 41.2. The average molecular weight is 913 g/mol. The molecule has 1 N–H and O–H groups in total. The Balaban J connectivity index is 0.980. The van der Waals surface area contributed by atoms with Crippen molar-refractivity contribution in [3.05, 3.63) is 246 Å². The maximum Gasteiger partial charge on any atom is 0.137 e. The Morgan fingerprint density at radius 3 is 1.79 bits per heavy atom. The molecule has 2 aromatic heterocycles. The van der Waals surface area contributed by atoms with Gasteiger partial charge in [-0.3, -0.25) is 4.57 Å². The summed E-state index contributed by atoms with van der Waals surface area (Å²) in [6.45, 7) is 16.8. The summed E-state index contributed by atoms with van der Waals surface area (Å²) in [5, 5.41) is 6.44. The monoisotopic (exact) mass is 912 g/mol. The van der Waals surface area contributed by atoms with Crippen molar-refractivity contribution >= 4 is 38.9 Å². The molecule has 11 rings (SSSR count). The molecule has 346 valence electrons. The summed E-state index contributed by atoms with van der Waals surface area (Å²) in [4.78, 5) is 7.38. The maximum atomic E-state index is 7.01. The van der Waals surface area contributed by atoms with E-state index in [0.29, 0.717) is 0 Å². The van der Waals surface area contributed by atoms with Crippen molar-refractivity contribution in [3.63, 3.8) is 0 Å². The molecule has 8 aromatic carbocycles. The number of hydrogen-bond acceptors (Lipinski definition) is 4. The van der Waals surface area contributed by atoms with E-state index in [-0.39, 0.29) is 22.3 Å². The van der Waals surface area contributed by atoms with Crippen LogP contribution in [-0.4, -0.2) is 16.1 Å². The molecule has 0 saturated heterocycles. The number of fused-ring (bicyclic) bond motifs is 4. The average Bonchev–Trinajstić information content (AvgIpc) is 3.92. The fourth-order valence-electron chi connectivity index (χ4n) is 10.5. The molecule has 0 saturated carbocycles. The number of pyridine rings is 1. The second-order valence-corrected chi connectivity index (χ2v) is 21.0. The van der Waals surface area contributed by atoms with Crippen molar-refractivity contribution in [1.29, 1.82) is 0 Å². The first-order valence-electron chi connectivity index (χ1n) is 24.6. The molecule has 3 heterocycles. The first-order valence-corrected chi connectivity index (χ1v) is 24.6. The number of benzene rings is 8. The Morgan fingerprint density at radius 1 is 0.486 bits per heavy atom. The highest BCUT2D eigenvalue weighted by Gasteiger charge is 2.33. The van der Waals surface area contributed by atoms with Crippen molar-refractivity contribution in [2.75, 3.05) is 16.8 Å². The van der Waals surface area contributed by atoms with Gasteiger partial charge in [0.05, 0.1) is 17.1 Å². The lowest BCUT2D eigenvalue weighted by molar-refractivity contribution is 0.483. The number of anilines is 3. The van der Waals surface area contributed by atoms with Crippen LogP contribution in [0.3, 0.4) is 0 Å². The molecule has 0 spiro atoms. The van der Waals surface area contributed by atoms with Crippen LogP contribution in [0, 0.1) is 0 Å². The molecule has 5 heteroatoms.